The lowest BCUT2D eigenvalue weighted by molar-refractivity contribution is -0.192. The Hall–Kier alpha value is -3.47. The van der Waals surface area contributed by atoms with Gasteiger partial charge in [0, 0.05) is 44.3 Å². The van der Waals surface area contributed by atoms with Gasteiger partial charge in [-0.05, 0) is 55.2 Å². The molecule has 1 aliphatic rings. The highest BCUT2D eigenvalue weighted by Crippen LogP contribution is 2.23. The van der Waals surface area contributed by atoms with E-state index in [1.54, 1.807) is 16.9 Å². The molecular weight excluding hydrogens is 454 g/mol. The van der Waals surface area contributed by atoms with Crippen molar-refractivity contribution in [1.29, 1.82) is 0 Å². The third-order valence-electron chi connectivity index (χ3n) is 5.28. The Morgan fingerprint density at radius 2 is 2.00 bits per heavy atom. The van der Waals surface area contributed by atoms with E-state index in [4.69, 9.17) is 9.90 Å². The minimum Gasteiger partial charge on any atom is -0.475 e. The van der Waals surface area contributed by atoms with Crippen LogP contribution in [0.5, 0.6) is 0 Å². The molecule has 0 amide bonds. The second-order valence-corrected chi connectivity index (χ2v) is 7.86. The van der Waals surface area contributed by atoms with Gasteiger partial charge in [0.25, 0.3) is 0 Å². The second-order valence-electron chi connectivity index (χ2n) is 7.86. The van der Waals surface area contributed by atoms with E-state index in [-0.39, 0.29) is 5.82 Å². The Morgan fingerprint density at radius 1 is 1.26 bits per heavy atom. The molecule has 0 saturated carbocycles. The first-order valence-corrected chi connectivity index (χ1v) is 10.6. The van der Waals surface area contributed by atoms with Gasteiger partial charge in [0.15, 0.2) is 5.82 Å². The molecule has 0 aliphatic carbocycles. The molecule has 1 atom stereocenters. The summed E-state index contributed by atoms with van der Waals surface area (Å²) >= 11 is 0. The van der Waals surface area contributed by atoms with Crippen LogP contribution in [-0.4, -0.2) is 51.1 Å². The molecule has 0 spiro atoms. The Bertz CT molecular complexity index is 1090. The van der Waals surface area contributed by atoms with Gasteiger partial charge in [-0.25, -0.2) is 18.9 Å². The van der Waals surface area contributed by atoms with Crippen LogP contribution >= 0.6 is 0 Å². The van der Waals surface area contributed by atoms with Crippen LogP contribution in [0.2, 0.25) is 0 Å². The summed E-state index contributed by atoms with van der Waals surface area (Å²) in [5.41, 5.74) is 2.94. The number of aromatic nitrogens is 3. The van der Waals surface area contributed by atoms with Crippen LogP contribution in [0.1, 0.15) is 24.0 Å². The lowest BCUT2D eigenvalue weighted by Gasteiger charge is -2.35. The fraction of sp³-hybridized carbons (Fsp3) is 0.348. The summed E-state index contributed by atoms with van der Waals surface area (Å²) in [5.74, 6) is -2.05. The first-order chi connectivity index (χ1) is 16.1. The van der Waals surface area contributed by atoms with Gasteiger partial charge in [0.1, 0.15) is 5.82 Å². The molecule has 2 N–H and O–H groups in total. The van der Waals surface area contributed by atoms with Crippen molar-refractivity contribution in [3.8, 4) is 5.82 Å². The molecular formula is C23H25F4N5O2. The smallest absolute Gasteiger partial charge is 0.475 e. The summed E-state index contributed by atoms with van der Waals surface area (Å²) in [6.45, 7) is 4.52. The molecule has 0 bridgehead atoms. The molecule has 4 rings (SSSR count). The standard InChI is InChI=1S/C21H24FN5.C2HF3O2/c1-16-12-17(14-24-21(16)27-11-5-9-25-27)13-23-18-6-4-10-26(15-18)20-8-3-2-7-19(20)22;3-2(4,5)1(6)7/h2-3,5,7-9,11-12,14,18,23H,4,6,10,13,15H2,1H3;(H,6,7). The number of aliphatic carboxylic acids is 1. The molecule has 3 aromatic rings. The molecule has 7 nitrogen and oxygen atoms in total. The van der Waals surface area contributed by atoms with Crippen molar-refractivity contribution in [3.05, 3.63) is 71.9 Å². The van der Waals surface area contributed by atoms with E-state index < -0.39 is 12.1 Å². The molecule has 1 unspecified atom stereocenters. The number of carbonyl (C=O) groups is 1. The monoisotopic (exact) mass is 479 g/mol. The van der Waals surface area contributed by atoms with Gasteiger partial charge in [-0.3, -0.25) is 0 Å². The van der Waals surface area contributed by atoms with Crippen molar-refractivity contribution >= 4 is 11.7 Å². The maximum absolute atomic E-state index is 14.1. The van der Waals surface area contributed by atoms with Crippen LogP contribution in [0.4, 0.5) is 23.2 Å². The van der Waals surface area contributed by atoms with Crippen LogP contribution in [0.3, 0.4) is 0 Å². The van der Waals surface area contributed by atoms with Gasteiger partial charge in [-0.1, -0.05) is 12.1 Å². The van der Waals surface area contributed by atoms with Gasteiger partial charge in [0.05, 0.1) is 5.69 Å². The van der Waals surface area contributed by atoms with Gasteiger partial charge in [0.2, 0.25) is 0 Å². The van der Waals surface area contributed by atoms with E-state index in [0.717, 1.165) is 49.4 Å². The number of piperidine rings is 1. The minimum absolute atomic E-state index is 0.146. The molecule has 1 saturated heterocycles. The average molecular weight is 479 g/mol. The highest BCUT2D eigenvalue weighted by atomic mass is 19.4. The van der Waals surface area contributed by atoms with Crippen LogP contribution < -0.4 is 10.2 Å². The SMILES string of the molecule is Cc1cc(CNC2CCCN(c3ccccc3F)C2)cnc1-n1cccn1.O=C(O)C(F)(F)F. The molecule has 1 aromatic carbocycles. The molecule has 1 aliphatic heterocycles. The van der Waals surface area contributed by atoms with Crippen LogP contribution in [0.15, 0.2) is 55.0 Å². The molecule has 34 heavy (non-hydrogen) atoms. The summed E-state index contributed by atoms with van der Waals surface area (Å²) in [5, 5.41) is 15.0. The number of para-hydroxylation sites is 1. The quantitative estimate of drug-likeness (QED) is 0.536. The normalized spacial score (nSPS) is 16.0. The number of anilines is 1. The van der Waals surface area contributed by atoms with Gasteiger partial charge in [-0.2, -0.15) is 18.3 Å². The second kappa shape index (κ2) is 11.1. The summed E-state index contributed by atoms with van der Waals surface area (Å²) < 4.78 is 47.6. The number of benzene rings is 1. The van der Waals surface area contributed by atoms with E-state index in [2.05, 4.69) is 26.4 Å². The zero-order valence-electron chi connectivity index (χ0n) is 18.5. The van der Waals surface area contributed by atoms with Crippen molar-refractivity contribution in [3.63, 3.8) is 0 Å². The Morgan fingerprint density at radius 3 is 2.62 bits per heavy atom. The highest BCUT2D eigenvalue weighted by molar-refractivity contribution is 5.73. The van der Waals surface area contributed by atoms with E-state index in [1.807, 2.05) is 37.5 Å². The van der Waals surface area contributed by atoms with Gasteiger partial charge in [-0.15, -0.1) is 0 Å². The average Bonchev–Trinajstić information content (AvgIpc) is 3.33. The van der Waals surface area contributed by atoms with Crippen molar-refractivity contribution in [2.45, 2.75) is 38.5 Å². The number of nitrogens with one attached hydrogen (secondary N) is 1. The number of hydrogen-bond acceptors (Lipinski definition) is 5. The van der Waals surface area contributed by atoms with Gasteiger partial charge < -0.3 is 15.3 Å². The van der Waals surface area contributed by atoms with Crippen molar-refractivity contribution < 1.29 is 27.5 Å². The number of halogens is 4. The van der Waals surface area contributed by atoms with Gasteiger partial charge >= 0.3 is 12.1 Å². The van der Waals surface area contributed by atoms with E-state index in [0.29, 0.717) is 11.7 Å². The third kappa shape index (κ3) is 6.77. The number of nitrogens with zero attached hydrogens (tertiary/aromatic N) is 4. The van der Waals surface area contributed by atoms with Crippen molar-refractivity contribution in [1.82, 2.24) is 20.1 Å². The first kappa shape index (κ1) is 25.2. The first-order valence-electron chi connectivity index (χ1n) is 10.6. The van der Waals surface area contributed by atoms with E-state index in [1.165, 1.54) is 6.07 Å². The number of aryl methyl sites for hydroxylation is 1. The number of rotatable bonds is 5. The molecule has 3 heterocycles. The summed E-state index contributed by atoms with van der Waals surface area (Å²) in [6.07, 6.45) is 2.62. The molecule has 0 radical (unpaired) electrons. The summed E-state index contributed by atoms with van der Waals surface area (Å²) in [7, 11) is 0. The number of pyridine rings is 1. The maximum Gasteiger partial charge on any atom is 0.490 e. The fourth-order valence-electron chi connectivity index (χ4n) is 3.69. The molecule has 1 fully saturated rings. The van der Waals surface area contributed by atoms with E-state index in [9.17, 15) is 17.6 Å². The number of alkyl halides is 3. The largest absolute Gasteiger partial charge is 0.490 e. The van der Waals surface area contributed by atoms with Crippen molar-refractivity contribution in [2.75, 3.05) is 18.0 Å². The predicted octanol–water partition coefficient (Wildman–Crippen LogP) is 4.11. The zero-order valence-corrected chi connectivity index (χ0v) is 18.5. The molecule has 11 heteroatoms. The summed E-state index contributed by atoms with van der Waals surface area (Å²) in [6, 6.07) is 11.4. The third-order valence-corrected chi connectivity index (χ3v) is 5.28. The minimum atomic E-state index is -5.08. The fourth-order valence-corrected chi connectivity index (χ4v) is 3.69. The number of carboxylic acids is 1. The zero-order chi connectivity index (χ0) is 24.7. The van der Waals surface area contributed by atoms with Crippen LogP contribution in [0.25, 0.3) is 5.82 Å². The molecule has 182 valence electrons. The highest BCUT2D eigenvalue weighted by Gasteiger charge is 2.38. The predicted molar refractivity (Wildman–Crippen MR) is 118 cm³/mol. The van der Waals surface area contributed by atoms with Crippen LogP contribution in [0, 0.1) is 12.7 Å². The Kier molecular flexibility index (Phi) is 8.21. The lowest BCUT2D eigenvalue weighted by atomic mass is 10.0. The maximum atomic E-state index is 14.1. The van der Waals surface area contributed by atoms with Crippen LogP contribution in [-0.2, 0) is 11.3 Å². The Labute approximate surface area is 194 Å². The lowest BCUT2D eigenvalue weighted by Crippen LogP contribution is -2.45. The van der Waals surface area contributed by atoms with Crippen molar-refractivity contribution in [2.24, 2.45) is 0 Å². The number of carboxylic acid groups (broad SMARTS) is 1. The molecule has 2 aromatic heterocycles. The topological polar surface area (TPSA) is 83.3 Å². The summed E-state index contributed by atoms with van der Waals surface area (Å²) in [4.78, 5) is 15.6. The van der Waals surface area contributed by atoms with E-state index >= 15 is 0 Å². The number of hydrogen-bond donors (Lipinski definition) is 2. The Balaban J connectivity index is 0.000000406.